The molecule has 0 amide bonds. The fourth-order valence-corrected chi connectivity index (χ4v) is 1.76. The number of nitrogens with zero attached hydrogens (tertiary/aromatic N) is 7. The summed E-state index contributed by atoms with van der Waals surface area (Å²) in [5, 5.41) is 16.2. The molecule has 0 radical (unpaired) electrons. The van der Waals surface area contributed by atoms with E-state index in [9.17, 15) is 0 Å². The van der Waals surface area contributed by atoms with Gasteiger partial charge in [0.2, 0.25) is 0 Å². The van der Waals surface area contributed by atoms with Crippen LogP contribution in [0.25, 0.3) is 0 Å². The van der Waals surface area contributed by atoms with Gasteiger partial charge in [-0.1, -0.05) is 0 Å². The molecule has 0 aliphatic heterocycles. The van der Waals surface area contributed by atoms with Crippen LogP contribution in [0.5, 0.6) is 0 Å². The lowest BCUT2D eigenvalue weighted by molar-refractivity contribution is 0.922. The van der Waals surface area contributed by atoms with Crippen LogP contribution in [0.15, 0.2) is 59.3 Å². The summed E-state index contributed by atoms with van der Waals surface area (Å²) in [6.45, 7) is 1.79. The highest BCUT2D eigenvalue weighted by atomic mass is 15.4. The summed E-state index contributed by atoms with van der Waals surface area (Å²) in [6.07, 6.45) is 10.1. The van der Waals surface area contributed by atoms with Crippen LogP contribution in [0, 0.1) is 6.92 Å². The zero-order chi connectivity index (χ0) is 17.3. The van der Waals surface area contributed by atoms with Gasteiger partial charge in [-0.3, -0.25) is 15.4 Å². The van der Waals surface area contributed by atoms with Crippen LogP contribution in [0.1, 0.15) is 16.8 Å². The Morgan fingerprint density at radius 1 is 0.800 bits per heavy atom. The molecule has 9 nitrogen and oxygen atoms in total. The molecule has 3 aromatic rings. The molecule has 2 N–H and O–H groups in total. The fourth-order valence-electron chi connectivity index (χ4n) is 1.76. The Morgan fingerprint density at radius 3 is 1.96 bits per heavy atom. The molecule has 0 saturated heterocycles. The molecule has 0 fully saturated rings. The van der Waals surface area contributed by atoms with E-state index in [-0.39, 0.29) is 5.95 Å². The molecule has 0 atom stereocenters. The van der Waals surface area contributed by atoms with E-state index >= 15 is 0 Å². The Balaban J connectivity index is 1.64. The molecular formula is C16H15N9. The van der Waals surface area contributed by atoms with Crippen LogP contribution in [0.2, 0.25) is 0 Å². The lowest BCUT2D eigenvalue weighted by atomic mass is 10.3. The molecule has 0 spiro atoms. The minimum Gasteiger partial charge on any atom is -0.265 e. The summed E-state index contributed by atoms with van der Waals surface area (Å²) in [5.74, 6) is 0.749. The largest absolute Gasteiger partial charge is 0.265 e. The normalized spacial score (nSPS) is 11.1. The van der Waals surface area contributed by atoms with Crippen molar-refractivity contribution in [2.24, 2.45) is 10.2 Å². The number of pyridine rings is 2. The van der Waals surface area contributed by atoms with Crippen molar-refractivity contribution < 1.29 is 0 Å². The zero-order valence-corrected chi connectivity index (χ0v) is 13.4. The third-order valence-corrected chi connectivity index (χ3v) is 3.03. The number of hydrazone groups is 2. The first kappa shape index (κ1) is 16.1. The summed E-state index contributed by atoms with van der Waals surface area (Å²) in [6, 6.07) is 7.36. The van der Waals surface area contributed by atoms with Crippen LogP contribution < -0.4 is 10.9 Å². The molecule has 3 aromatic heterocycles. The summed E-state index contributed by atoms with van der Waals surface area (Å²) in [7, 11) is 0. The van der Waals surface area contributed by atoms with Gasteiger partial charge >= 0.3 is 0 Å². The van der Waals surface area contributed by atoms with Gasteiger partial charge in [-0.2, -0.15) is 15.2 Å². The topological polar surface area (TPSA) is 113 Å². The summed E-state index contributed by atoms with van der Waals surface area (Å²) in [4.78, 5) is 12.2. The highest BCUT2D eigenvalue weighted by Gasteiger charge is 2.03. The molecule has 0 bridgehead atoms. The van der Waals surface area contributed by atoms with Crippen molar-refractivity contribution in [2.75, 3.05) is 10.9 Å². The number of hydrogen-bond acceptors (Lipinski definition) is 9. The lowest BCUT2D eigenvalue weighted by Crippen LogP contribution is -2.05. The average molecular weight is 333 g/mol. The van der Waals surface area contributed by atoms with E-state index in [0.717, 1.165) is 11.1 Å². The van der Waals surface area contributed by atoms with Gasteiger partial charge in [0.05, 0.1) is 12.4 Å². The fraction of sp³-hybridized carbons (Fsp3) is 0.0625. The first-order valence-corrected chi connectivity index (χ1v) is 7.41. The maximum Gasteiger partial charge on any atom is 0.265 e. The van der Waals surface area contributed by atoms with Crippen LogP contribution in [0.4, 0.5) is 11.8 Å². The highest BCUT2D eigenvalue weighted by Crippen LogP contribution is 2.09. The van der Waals surface area contributed by atoms with Gasteiger partial charge in [-0.15, -0.1) is 10.2 Å². The summed E-state index contributed by atoms with van der Waals surface area (Å²) in [5.41, 5.74) is 8.02. The maximum atomic E-state index is 4.29. The van der Waals surface area contributed by atoms with Crippen molar-refractivity contribution in [2.45, 2.75) is 6.92 Å². The first-order chi connectivity index (χ1) is 12.3. The lowest BCUT2D eigenvalue weighted by Gasteiger charge is -2.04. The van der Waals surface area contributed by atoms with Crippen molar-refractivity contribution in [1.82, 2.24) is 25.1 Å². The quantitative estimate of drug-likeness (QED) is 0.523. The predicted molar refractivity (Wildman–Crippen MR) is 95.5 cm³/mol. The molecule has 3 rings (SSSR count). The predicted octanol–water partition coefficient (Wildman–Crippen LogP) is 1.86. The van der Waals surface area contributed by atoms with E-state index in [1.54, 1.807) is 44.1 Å². The average Bonchev–Trinajstić information content (AvgIpc) is 2.66. The Kier molecular flexibility index (Phi) is 5.29. The van der Waals surface area contributed by atoms with Crippen molar-refractivity contribution in [1.29, 1.82) is 0 Å². The third-order valence-electron chi connectivity index (χ3n) is 3.03. The third kappa shape index (κ3) is 4.86. The minimum atomic E-state index is 0.262. The van der Waals surface area contributed by atoms with E-state index in [2.05, 4.69) is 46.2 Å². The van der Waals surface area contributed by atoms with Crippen molar-refractivity contribution in [3.8, 4) is 0 Å². The number of hydrogen-bond donors (Lipinski definition) is 2. The molecule has 25 heavy (non-hydrogen) atoms. The number of aryl methyl sites for hydroxylation is 1. The van der Waals surface area contributed by atoms with Crippen molar-refractivity contribution in [3.05, 3.63) is 65.9 Å². The molecule has 0 aromatic carbocycles. The second-order valence-corrected chi connectivity index (χ2v) is 4.87. The van der Waals surface area contributed by atoms with Crippen molar-refractivity contribution >= 4 is 24.2 Å². The van der Waals surface area contributed by atoms with Gasteiger partial charge in [0.25, 0.3) is 5.95 Å². The summed E-state index contributed by atoms with van der Waals surface area (Å²) < 4.78 is 0. The van der Waals surface area contributed by atoms with E-state index < -0.39 is 0 Å². The number of nitrogens with one attached hydrogen (secondary N) is 2. The van der Waals surface area contributed by atoms with Gasteiger partial charge in [0.15, 0.2) is 5.82 Å². The molecule has 0 aliphatic carbocycles. The number of aromatic nitrogens is 5. The monoisotopic (exact) mass is 333 g/mol. The van der Waals surface area contributed by atoms with Crippen molar-refractivity contribution in [3.63, 3.8) is 0 Å². The standard InChI is InChI=1S/C16H15N9/c1-12-15(23-19-10-13-2-6-17-7-3-13)21-16(25-22-12)24-20-11-14-4-8-18-9-5-14/h2-11H,1H3,(H2,21,23,24,25)/b19-10+,20-11+. The zero-order valence-electron chi connectivity index (χ0n) is 13.4. The molecule has 9 heteroatoms. The first-order valence-electron chi connectivity index (χ1n) is 7.41. The Labute approximate surface area is 144 Å². The molecule has 3 heterocycles. The van der Waals surface area contributed by atoms with E-state index in [1.807, 2.05) is 24.3 Å². The van der Waals surface area contributed by atoms with E-state index in [0.29, 0.717) is 11.5 Å². The van der Waals surface area contributed by atoms with Gasteiger partial charge in [-0.05, 0) is 42.3 Å². The smallest absolute Gasteiger partial charge is 0.265 e. The van der Waals surface area contributed by atoms with Crippen LogP contribution >= 0.6 is 0 Å². The van der Waals surface area contributed by atoms with Gasteiger partial charge < -0.3 is 0 Å². The second-order valence-electron chi connectivity index (χ2n) is 4.87. The number of rotatable bonds is 6. The molecular weight excluding hydrogens is 318 g/mol. The molecule has 0 aliphatic rings. The van der Waals surface area contributed by atoms with Crippen LogP contribution in [-0.2, 0) is 0 Å². The summed E-state index contributed by atoms with van der Waals surface area (Å²) >= 11 is 0. The SMILES string of the molecule is Cc1nnc(N/N=C/c2ccncc2)nc1N/N=C/c1ccncc1. The van der Waals surface area contributed by atoms with Gasteiger partial charge in [-0.25, -0.2) is 5.43 Å². The molecule has 0 unspecified atom stereocenters. The van der Waals surface area contributed by atoms with Crippen LogP contribution in [0.3, 0.4) is 0 Å². The Bertz CT molecular complexity index is 863. The van der Waals surface area contributed by atoms with Gasteiger partial charge in [0.1, 0.15) is 5.69 Å². The highest BCUT2D eigenvalue weighted by molar-refractivity contribution is 5.80. The Morgan fingerprint density at radius 2 is 1.36 bits per heavy atom. The maximum absolute atomic E-state index is 4.29. The van der Waals surface area contributed by atoms with Crippen LogP contribution in [-0.4, -0.2) is 37.6 Å². The number of anilines is 2. The van der Waals surface area contributed by atoms with E-state index in [4.69, 9.17) is 0 Å². The van der Waals surface area contributed by atoms with Gasteiger partial charge in [0, 0.05) is 24.8 Å². The molecule has 0 saturated carbocycles. The Hall–Kier alpha value is -3.75. The second kappa shape index (κ2) is 8.20. The van der Waals surface area contributed by atoms with E-state index in [1.165, 1.54) is 0 Å². The molecule has 124 valence electrons. The minimum absolute atomic E-state index is 0.262.